The maximum atomic E-state index is 13.0. The predicted molar refractivity (Wildman–Crippen MR) is 138 cm³/mol. The van der Waals surface area contributed by atoms with Gasteiger partial charge in [-0.3, -0.25) is 20.1 Å². The van der Waals surface area contributed by atoms with E-state index < -0.39 is 24.2 Å². The van der Waals surface area contributed by atoms with E-state index in [1.54, 1.807) is 78.9 Å². The van der Waals surface area contributed by atoms with E-state index in [0.717, 1.165) is 6.08 Å². The van der Waals surface area contributed by atoms with Crippen molar-refractivity contribution in [2.45, 2.75) is 19.1 Å². The van der Waals surface area contributed by atoms with Gasteiger partial charge in [0.25, 0.3) is 5.91 Å². The van der Waals surface area contributed by atoms with E-state index in [4.69, 9.17) is 24.5 Å². The zero-order valence-electron chi connectivity index (χ0n) is 20.6. The first-order chi connectivity index (χ1) is 18.4. The lowest BCUT2D eigenvalue weighted by Crippen LogP contribution is -2.30. The van der Waals surface area contributed by atoms with Gasteiger partial charge in [-0.1, -0.05) is 30.3 Å². The lowest BCUT2D eigenvalue weighted by atomic mass is 10.0. The summed E-state index contributed by atoms with van der Waals surface area (Å²) in [6.45, 7) is 1.32. The number of rotatable bonds is 12. The van der Waals surface area contributed by atoms with Gasteiger partial charge in [0, 0.05) is 22.9 Å². The number of para-hydroxylation sites is 1. The molecule has 2 amide bonds. The molecule has 10 nitrogen and oxygen atoms in total. The van der Waals surface area contributed by atoms with Crippen LogP contribution in [0, 0.1) is 0 Å². The number of ether oxygens (including phenoxy) is 3. The third kappa shape index (κ3) is 8.47. The smallest absolute Gasteiger partial charge is 0.412 e. The number of ketones is 1. The molecule has 0 unspecified atom stereocenters. The summed E-state index contributed by atoms with van der Waals surface area (Å²) >= 11 is 0. The molecule has 0 aliphatic heterocycles. The zero-order chi connectivity index (χ0) is 27.3. The Morgan fingerprint density at radius 3 is 2.32 bits per heavy atom. The molecule has 0 aliphatic rings. The van der Waals surface area contributed by atoms with Crippen LogP contribution in [0.15, 0.2) is 91.0 Å². The van der Waals surface area contributed by atoms with Crippen molar-refractivity contribution >= 4 is 23.5 Å². The molecule has 4 N–H and O–H groups in total. The molecule has 3 aromatic carbocycles. The molecule has 0 fully saturated rings. The first-order valence-corrected chi connectivity index (χ1v) is 11.7. The van der Waals surface area contributed by atoms with Gasteiger partial charge in [-0.15, -0.1) is 0 Å². The van der Waals surface area contributed by atoms with Gasteiger partial charge in [0.05, 0.1) is 6.61 Å². The number of carbonyl (C=O) groups is 3. The highest BCUT2D eigenvalue weighted by Gasteiger charge is 2.28. The standard InChI is InChI=1S/C28H28N2O8/c1-19(32)20-10-12-22(13-11-20)29-28(34)38-27(21-6-5-9-24(18-21)36-17-16-31)25(14-15-26(33)30-35)37-23-7-3-2-4-8-23/h2-15,18,25,27,31,35H,16-17H2,1H3,(H,29,34)(H,30,33)/b15-14+/t25-,27-/m1/s1. The second-order valence-corrected chi connectivity index (χ2v) is 7.96. The van der Waals surface area contributed by atoms with Gasteiger partial charge in [0.1, 0.15) is 18.1 Å². The molecule has 0 aliphatic carbocycles. The number of hydrogen-bond donors (Lipinski definition) is 4. The summed E-state index contributed by atoms with van der Waals surface area (Å²) in [6, 6.07) is 21.7. The Bertz CT molecular complexity index is 1250. The first kappa shape index (κ1) is 27.9. The van der Waals surface area contributed by atoms with Gasteiger partial charge in [-0.2, -0.15) is 0 Å². The normalized spacial score (nSPS) is 12.3. The molecule has 198 valence electrons. The van der Waals surface area contributed by atoms with Crippen molar-refractivity contribution in [1.82, 2.24) is 5.48 Å². The monoisotopic (exact) mass is 520 g/mol. The summed E-state index contributed by atoms with van der Waals surface area (Å²) in [5.74, 6) is -0.0588. The molecule has 0 saturated heterocycles. The number of aliphatic hydroxyl groups excluding tert-OH is 1. The summed E-state index contributed by atoms with van der Waals surface area (Å²) < 4.78 is 17.4. The fourth-order valence-corrected chi connectivity index (χ4v) is 3.40. The van der Waals surface area contributed by atoms with Crippen molar-refractivity contribution in [3.05, 3.63) is 102 Å². The van der Waals surface area contributed by atoms with Crippen LogP contribution in [0.2, 0.25) is 0 Å². The number of nitrogens with one attached hydrogen (secondary N) is 2. The highest BCUT2D eigenvalue weighted by Crippen LogP contribution is 2.30. The van der Waals surface area contributed by atoms with Crippen LogP contribution in [0.1, 0.15) is 28.9 Å². The molecule has 0 bridgehead atoms. The van der Waals surface area contributed by atoms with Crippen LogP contribution < -0.4 is 20.3 Å². The fourth-order valence-electron chi connectivity index (χ4n) is 3.40. The number of anilines is 1. The molecule has 10 heteroatoms. The second kappa shape index (κ2) is 14.2. The minimum absolute atomic E-state index is 0.0617. The number of aliphatic hydroxyl groups is 1. The topological polar surface area (TPSA) is 143 Å². The second-order valence-electron chi connectivity index (χ2n) is 7.96. The molecule has 0 heterocycles. The van der Waals surface area contributed by atoms with Gasteiger partial charge in [-0.25, -0.2) is 10.3 Å². The van der Waals surface area contributed by atoms with Crippen LogP contribution in [0.5, 0.6) is 11.5 Å². The molecule has 2 atom stereocenters. The van der Waals surface area contributed by atoms with Crippen LogP contribution in [0.4, 0.5) is 10.5 Å². The number of hydroxylamine groups is 1. The van der Waals surface area contributed by atoms with E-state index >= 15 is 0 Å². The molecule has 0 saturated carbocycles. The third-order valence-corrected chi connectivity index (χ3v) is 5.18. The van der Waals surface area contributed by atoms with Gasteiger partial charge in [0.15, 0.2) is 18.0 Å². The molecule has 0 spiro atoms. The van der Waals surface area contributed by atoms with E-state index in [1.165, 1.54) is 18.5 Å². The average Bonchev–Trinajstić information content (AvgIpc) is 2.93. The van der Waals surface area contributed by atoms with E-state index in [0.29, 0.717) is 28.3 Å². The third-order valence-electron chi connectivity index (χ3n) is 5.18. The SMILES string of the molecule is CC(=O)c1ccc(NC(=O)O[C@H](c2cccc(OCCO)c2)[C@@H](/C=C/C(=O)NO)Oc2ccccc2)cc1. The summed E-state index contributed by atoms with van der Waals surface area (Å²) in [4.78, 5) is 36.2. The summed E-state index contributed by atoms with van der Waals surface area (Å²) in [7, 11) is 0. The Hall–Kier alpha value is -4.67. The van der Waals surface area contributed by atoms with Crippen molar-refractivity contribution in [1.29, 1.82) is 0 Å². The number of amides is 2. The van der Waals surface area contributed by atoms with Crippen LogP contribution in [-0.4, -0.2) is 47.4 Å². The molecule has 0 aromatic heterocycles. The van der Waals surface area contributed by atoms with Crippen molar-refractivity contribution in [2.24, 2.45) is 0 Å². The minimum Gasteiger partial charge on any atom is -0.491 e. The lowest BCUT2D eigenvalue weighted by Gasteiger charge is -2.26. The zero-order valence-corrected chi connectivity index (χ0v) is 20.6. The Morgan fingerprint density at radius 1 is 0.947 bits per heavy atom. The van der Waals surface area contributed by atoms with Crippen molar-refractivity contribution < 1.29 is 38.9 Å². The van der Waals surface area contributed by atoms with E-state index in [9.17, 15) is 14.4 Å². The molecule has 3 aromatic rings. The predicted octanol–water partition coefficient (Wildman–Crippen LogP) is 4.06. The summed E-state index contributed by atoms with van der Waals surface area (Å²) in [6.07, 6.45) is -0.539. The Kier molecular flexibility index (Phi) is 10.4. The maximum Gasteiger partial charge on any atom is 0.412 e. The quantitative estimate of drug-likeness (QED) is 0.121. The van der Waals surface area contributed by atoms with E-state index in [2.05, 4.69) is 5.32 Å². The highest BCUT2D eigenvalue weighted by atomic mass is 16.6. The summed E-state index contributed by atoms with van der Waals surface area (Å²) in [5.41, 5.74) is 2.87. The lowest BCUT2D eigenvalue weighted by molar-refractivity contribution is -0.124. The van der Waals surface area contributed by atoms with E-state index in [-0.39, 0.29) is 19.0 Å². The minimum atomic E-state index is -1.09. The van der Waals surface area contributed by atoms with Gasteiger partial charge in [-0.05, 0) is 61.5 Å². The maximum absolute atomic E-state index is 13.0. The molecule has 38 heavy (non-hydrogen) atoms. The Balaban J connectivity index is 1.94. The Morgan fingerprint density at radius 2 is 1.66 bits per heavy atom. The summed E-state index contributed by atoms with van der Waals surface area (Å²) in [5, 5.41) is 20.6. The molecule has 0 radical (unpaired) electrons. The van der Waals surface area contributed by atoms with Gasteiger partial charge >= 0.3 is 6.09 Å². The fraction of sp³-hybridized carbons (Fsp3) is 0.179. The van der Waals surface area contributed by atoms with Crippen molar-refractivity contribution in [3.8, 4) is 11.5 Å². The van der Waals surface area contributed by atoms with Crippen LogP contribution in [0.25, 0.3) is 0 Å². The van der Waals surface area contributed by atoms with Crippen LogP contribution >= 0.6 is 0 Å². The average molecular weight is 521 g/mol. The number of Topliss-reactive ketones (excluding diaryl/α,β-unsaturated/α-hetero) is 1. The number of carbonyl (C=O) groups excluding carboxylic acids is 3. The van der Waals surface area contributed by atoms with Crippen molar-refractivity contribution in [3.63, 3.8) is 0 Å². The van der Waals surface area contributed by atoms with Gasteiger partial charge in [0.2, 0.25) is 0 Å². The first-order valence-electron chi connectivity index (χ1n) is 11.7. The number of benzene rings is 3. The van der Waals surface area contributed by atoms with Crippen LogP contribution in [-0.2, 0) is 9.53 Å². The van der Waals surface area contributed by atoms with Gasteiger partial charge < -0.3 is 19.3 Å². The number of hydrogen-bond acceptors (Lipinski definition) is 8. The highest BCUT2D eigenvalue weighted by molar-refractivity contribution is 5.95. The molecular weight excluding hydrogens is 492 g/mol. The Labute approximate surface area is 219 Å². The molecule has 3 rings (SSSR count). The van der Waals surface area contributed by atoms with E-state index in [1.807, 2.05) is 0 Å². The molecular formula is C28H28N2O8. The van der Waals surface area contributed by atoms with Crippen molar-refractivity contribution in [2.75, 3.05) is 18.5 Å². The van der Waals surface area contributed by atoms with Crippen LogP contribution in [0.3, 0.4) is 0 Å². The largest absolute Gasteiger partial charge is 0.491 e.